The molecule has 2 aromatic rings. The highest BCUT2D eigenvalue weighted by atomic mass is 35.5. The van der Waals surface area contributed by atoms with Gasteiger partial charge in [0.1, 0.15) is 19.0 Å². The van der Waals surface area contributed by atoms with Gasteiger partial charge in [-0.2, -0.15) is 0 Å². The molecule has 2 aromatic carbocycles. The number of carbonyl (C=O) groups excluding carboxylic acids is 1. The summed E-state index contributed by atoms with van der Waals surface area (Å²) < 4.78 is 16.4. The van der Waals surface area contributed by atoms with E-state index in [4.69, 9.17) is 25.8 Å². The molecule has 2 N–H and O–H groups in total. The number of benzene rings is 2. The molecule has 0 aromatic heterocycles. The molecule has 0 spiro atoms. The molecular weight excluding hydrogens is 392 g/mol. The Labute approximate surface area is 176 Å². The van der Waals surface area contributed by atoms with Gasteiger partial charge in [0, 0.05) is 11.7 Å². The Kier molecular flexibility index (Phi) is 6.87. The second-order valence-electron chi connectivity index (χ2n) is 7.35. The third-order valence-corrected chi connectivity index (χ3v) is 5.13. The van der Waals surface area contributed by atoms with Gasteiger partial charge in [-0.1, -0.05) is 31.5 Å². The van der Waals surface area contributed by atoms with Crippen LogP contribution in [0.1, 0.15) is 32.4 Å². The maximum absolute atomic E-state index is 12.7. The number of methoxy groups -OCH3 is 1. The highest BCUT2D eigenvalue weighted by Crippen LogP contribution is 2.34. The normalized spacial score (nSPS) is 15.0. The Morgan fingerprint density at radius 1 is 1.07 bits per heavy atom. The van der Waals surface area contributed by atoms with Crippen molar-refractivity contribution in [2.24, 2.45) is 5.92 Å². The fraction of sp³-hybridized carbons (Fsp3) is 0.409. The van der Waals surface area contributed by atoms with Gasteiger partial charge >= 0.3 is 0 Å². The van der Waals surface area contributed by atoms with Gasteiger partial charge in [0.05, 0.1) is 18.2 Å². The van der Waals surface area contributed by atoms with Gasteiger partial charge in [-0.15, -0.1) is 0 Å². The predicted molar refractivity (Wildman–Crippen MR) is 114 cm³/mol. The third-order valence-electron chi connectivity index (χ3n) is 4.83. The number of rotatable bonds is 7. The molecular formula is C22H27ClN2O4. The van der Waals surface area contributed by atoms with E-state index < -0.39 is 6.04 Å². The van der Waals surface area contributed by atoms with Gasteiger partial charge < -0.3 is 19.5 Å². The first kappa shape index (κ1) is 21.3. The van der Waals surface area contributed by atoms with Crippen molar-refractivity contribution in [1.82, 2.24) is 5.32 Å². The molecule has 3 rings (SSSR count). The molecule has 1 amide bonds. The van der Waals surface area contributed by atoms with Crippen LogP contribution in [0.4, 0.5) is 5.69 Å². The van der Waals surface area contributed by atoms with Crippen LogP contribution in [0.25, 0.3) is 0 Å². The van der Waals surface area contributed by atoms with E-state index in [1.807, 2.05) is 25.1 Å². The van der Waals surface area contributed by atoms with Crippen LogP contribution in [0, 0.1) is 5.92 Å². The first-order valence-corrected chi connectivity index (χ1v) is 10.1. The van der Waals surface area contributed by atoms with E-state index in [1.165, 1.54) is 0 Å². The monoisotopic (exact) mass is 418 g/mol. The van der Waals surface area contributed by atoms with E-state index in [-0.39, 0.29) is 17.9 Å². The lowest BCUT2D eigenvalue weighted by Crippen LogP contribution is -2.41. The predicted octanol–water partition coefficient (Wildman–Crippen LogP) is 4.43. The molecule has 1 aliphatic heterocycles. The second kappa shape index (κ2) is 9.37. The molecule has 0 fully saturated rings. The van der Waals surface area contributed by atoms with E-state index in [9.17, 15) is 4.79 Å². The van der Waals surface area contributed by atoms with Crippen LogP contribution in [0.2, 0.25) is 5.02 Å². The van der Waals surface area contributed by atoms with Crippen LogP contribution in [0.3, 0.4) is 0 Å². The van der Waals surface area contributed by atoms with Gasteiger partial charge in [0.2, 0.25) is 5.91 Å². The molecule has 6 nitrogen and oxygen atoms in total. The fourth-order valence-electron chi connectivity index (χ4n) is 3.27. The minimum Gasteiger partial charge on any atom is -0.495 e. The lowest BCUT2D eigenvalue weighted by molar-refractivity contribution is -0.118. The van der Waals surface area contributed by atoms with Crippen molar-refractivity contribution in [1.29, 1.82) is 0 Å². The summed E-state index contributed by atoms with van der Waals surface area (Å²) in [5.74, 6) is 2.18. The van der Waals surface area contributed by atoms with E-state index in [2.05, 4.69) is 24.5 Å². The Hall–Kier alpha value is -2.44. The number of amides is 1. The van der Waals surface area contributed by atoms with Crippen molar-refractivity contribution in [2.75, 3.05) is 25.6 Å². The molecule has 0 saturated carbocycles. The lowest BCUT2D eigenvalue weighted by atomic mass is 9.94. The number of fused-ring (bicyclic) bond motifs is 1. The Balaban J connectivity index is 1.70. The van der Waals surface area contributed by atoms with E-state index in [0.717, 1.165) is 17.1 Å². The lowest BCUT2D eigenvalue weighted by Gasteiger charge is -2.28. The van der Waals surface area contributed by atoms with Gasteiger partial charge in [-0.3, -0.25) is 10.1 Å². The van der Waals surface area contributed by atoms with E-state index in [0.29, 0.717) is 29.7 Å². The molecule has 2 atom stereocenters. The summed E-state index contributed by atoms with van der Waals surface area (Å²) >= 11 is 6.14. The zero-order valence-corrected chi connectivity index (χ0v) is 17.9. The van der Waals surface area contributed by atoms with Crippen molar-refractivity contribution in [3.8, 4) is 17.2 Å². The molecule has 0 unspecified atom stereocenters. The smallest absolute Gasteiger partial charge is 0.241 e. The Morgan fingerprint density at radius 2 is 1.79 bits per heavy atom. The maximum atomic E-state index is 12.7. The molecule has 1 aliphatic rings. The molecule has 1 heterocycles. The molecule has 0 saturated heterocycles. The van der Waals surface area contributed by atoms with Gasteiger partial charge in [0.25, 0.3) is 0 Å². The van der Waals surface area contributed by atoms with Crippen LogP contribution in [-0.4, -0.2) is 32.3 Å². The van der Waals surface area contributed by atoms with Crippen LogP contribution >= 0.6 is 11.6 Å². The third kappa shape index (κ3) is 5.14. The SMILES string of the molecule is COc1ccc(NC(=O)[C@H](C)N[C@@H](c2ccc3c(c2)OCCO3)C(C)C)cc1Cl. The molecule has 0 aliphatic carbocycles. The molecule has 29 heavy (non-hydrogen) atoms. The minimum atomic E-state index is -0.420. The number of ether oxygens (including phenoxy) is 3. The molecule has 0 bridgehead atoms. The van der Waals surface area contributed by atoms with Crippen LogP contribution in [-0.2, 0) is 4.79 Å². The Morgan fingerprint density at radius 3 is 2.45 bits per heavy atom. The summed E-state index contributed by atoms with van der Waals surface area (Å²) in [6, 6.07) is 10.6. The summed E-state index contributed by atoms with van der Waals surface area (Å²) in [6.45, 7) is 7.17. The highest BCUT2D eigenvalue weighted by Gasteiger charge is 2.24. The van der Waals surface area contributed by atoms with Crippen LogP contribution < -0.4 is 24.8 Å². The van der Waals surface area contributed by atoms with Crippen molar-refractivity contribution in [3.63, 3.8) is 0 Å². The Bertz CT molecular complexity index is 872. The zero-order chi connectivity index (χ0) is 21.0. The van der Waals surface area contributed by atoms with Crippen LogP contribution in [0.5, 0.6) is 17.2 Å². The second-order valence-corrected chi connectivity index (χ2v) is 7.76. The average Bonchev–Trinajstić information content (AvgIpc) is 2.71. The molecule has 0 radical (unpaired) electrons. The van der Waals surface area contributed by atoms with Gasteiger partial charge in [-0.25, -0.2) is 0 Å². The van der Waals surface area contributed by atoms with Crippen molar-refractivity contribution in [3.05, 3.63) is 47.0 Å². The fourth-order valence-corrected chi connectivity index (χ4v) is 3.52. The largest absolute Gasteiger partial charge is 0.495 e. The van der Waals surface area contributed by atoms with Crippen molar-refractivity contribution >= 4 is 23.2 Å². The molecule has 156 valence electrons. The van der Waals surface area contributed by atoms with Crippen molar-refractivity contribution in [2.45, 2.75) is 32.9 Å². The quantitative estimate of drug-likeness (QED) is 0.696. The summed E-state index contributed by atoms with van der Waals surface area (Å²) in [5.41, 5.74) is 1.67. The van der Waals surface area contributed by atoms with Crippen LogP contribution in [0.15, 0.2) is 36.4 Å². The summed E-state index contributed by atoms with van der Waals surface area (Å²) in [7, 11) is 1.55. The molecule has 7 heteroatoms. The average molecular weight is 419 g/mol. The topological polar surface area (TPSA) is 68.8 Å². The van der Waals surface area contributed by atoms with Crippen molar-refractivity contribution < 1.29 is 19.0 Å². The number of hydrogen-bond acceptors (Lipinski definition) is 5. The number of hydrogen-bond donors (Lipinski definition) is 2. The van der Waals surface area contributed by atoms with Gasteiger partial charge in [-0.05, 0) is 48.7 Å². The first-order chi connectivity index (χ1) is 13.9. The van der Waals surface area contributed by atoms with Gasteiger partial charge in [0.15, 0.2) is 11.5 Å². The minimum absolute atomic E-state index is 0.0222. The summed E-state index contributed by atoms with van der Waals surface area (Å²) in [6.07, 6.45) is 0. The maximum Gasteiger partial charge on any atom is 0.241 e. The summed E-state index contributed by atoms with van der Waals surface area (Å²) in [5, 5.41) is 6.77. The highest BCUT2D eigenvalue weighted by molar-refractivity contribution is 6.32. The number of anilines is 1. The number of halogens is 1. The van der Waals surface area contributed by atoms with E-state index in [1.54, 1.807) is 25.3 Å². The number of nitrogens with one attached hydrogen (secondary N) is 2. The standard InChI is InChI=1S/C22H27ClN2O4/c1-13(2)21(15-5-7-19-20(11-15)29-10-9-28-19)24-14(3)22(26)25-16-6-8-18(27-4)17(23)12-16/h5-8,11-14,21,24H,9-10H2,1-4H3,(H,25,26)/t14-,21+/m0/s1. The summed E-state index contributed by atoms with van der Waals surface area (Å²) in [4.78, 5) is 12.7. The van der Waals surface area contributed by atoms with E-state index >= 15 is 0 Å². The zero-order valence-electron chi connectivity index (χ0n) is 17.1. The first-order valence-electron chi connectivity index (χ1n) is 9.69. The number of carbonyl (C=O) groups is 1.